The highest BCUT2D eigenvalue weighted by Crippen LogP contribution is 2.30. The Morgan fingerprint density at radius 3 is 2.67 bits per heavy atom. The summed E-state index contributed by atoms with van der Waals surface area (Å²) in [5.41, 5.74) is -1.47. The zero-order chi connectivity index (χ0) is 15.6. The van der Waals surface area contributed by atoms with Gasteiger partial charge in [-0.3, -0.25) is 4.79 Å². The van der Waals surface area contributed by atoms with Crippen molar-refractivity contribution in [3.63, 3.8) is 0 Å². The van der Waals surface area contributed by atoms with Crippen molar-refractivity contribution in [2.24, 2.45) is 5.92 Å². The Kier molecular flexibility index (Phi) is 4.51. The molecule has 2 rings (SSSR count). The average molecular weight is 304 g/mol. The fraction of sp³-hybridized carbons (Fsp3) is 0.500. The lowest BCUT2D eigenvalue weighted by Gasteiger charge is -2.30. The van der Waals surface area contributed by atoms with E-state index in [0.29, 0.717) is 18.6 Å². The second-order valence-corrected chi connectivity index (χ2v) is 5.28. The Balaban J connectivity index is 2.17. The summed E-state index contributed by atoms with van der Waals surface area (Å²) in [4.78, 5) is 12.0. The highest BCUT2D eigenvalue weighted by molar-refractivity contribution is 5.94. The van der Waals surface area contributed by atoms with Crippen molar-refractivity contribution in [2.75, 3.05) is 13.1 Å². The number of nitrogens with one attached hydrogen (secondary N) is 2. The fourth-order valence-electron chi connectivity index (χ4n) is 2.36. The first kappa shape index (κ1) is 15.8. The van der Waals surface area contributed by atoms with E-state index in [1.54, 1.807) is 0 Å². The van der Waals surface area contributed by atoms with Gasteiger partial charge in [0.1, 0.15) is 5.82 Å². The molecule has 0 aromatic heterocycles. The molecule has 3 nitrogen and oxygen atoms in total. The van der Waals surface area contributed by atoms with E-state index in [2.05, 4.69) is 10.6 Å². The topological polar surface area (TPSA) is 41.1 Å². The summed E-state index contributed by atoms with van der Waals surface area (Å²) < 4.78 is 51.2. The second-order valence-electron chi connectivity index (χ2n) is 5.28. The van der Waals surface area contributed by atoms with Crippen LogP contribution in [0.3, 0.4) is 0 Å². The Bertz CT molecular complexity index is 530. The Morgan fingerprint density at radius 2 is 2.05 bits per heavy atom. The molecule has 2 unspecified atom stereocenters. The molecule has 21 heavy (non-hydrogen) atoms. The van der Waals surface area contributed by atoms with E-state index >= 15 is 0 Å². The van der Waals surface area contributed by atoms with Crippen LogP contribution >= 0.6 is 0 Å². The maximum Gasteiger partial charge on any atom is 0.416 e. The molecule has 1 aliphatic rings. The van der Waals surface area contributed by atoms with Crippen molar-refractivity contribution in [3.05, 3.63) is 35.1 Å². The third-order valence-corrected chi connectivity index (χ3v) is 3.59. The van der Waals surface area contributed by atoms with Gasteiger partial charge in [-0.1, -0.05) is 6.92 Å². The van der Waals surface area contributed by atoms with E-state index in [0.717, 1.165) is 19.2 Å². The van der Waals surface area contributed by atoms with Crippen LogP contribution in [0.2, 0.25) is 0 Å². The largest absolute Gasteiger partial charge is 0.416 e. The Morgan fingerprint density at radius 1 is 1.33 bits per heavy atom. The Labute approximate surface area is 119 Å². The van der Waals surface area contributed by atoms with Gasteiger partial charge in [0, 0.05) is 11.6 Å². The van der Waals surface area contributed by atoms with E-state index in [9.17, 15) is 22.4 Å². The van der Waals surface area contributed by atoms with Crippen LogP contribution in [-0.2, 0) is 6.18 Å². The third-order valence-electron chi connectivity index (χ3n) is 3.59. The summed E-state index contributed by atoms with van der Waals surface area (Å²) in [6, 6.07) is 1.74. The minimum absolute atomic E-state index is 0.128. The molecule has 7 heteroatoms. The number of amides is 1. The average Bonchev–Trinajstić information content (AvgIpc) is 2.39. The molecule has 1 heterocycles. The molecular formula is C14H16F4N2O. The molecule has 116 valence electrons. The first-order chi connectivity index (χ1) is 9.77. The highest BCUT2D eigenvalue weighted by Gasteiger charge is 2.32. The second kappa shape index (κ2) is 6.01. The maximum atomic E-state index is 13.3. The van der Waals surface area contributed by atoms with Crippen LogP contribution in [0.1, 0.15) is 29.3 Å². The van der Waals surface area contributed by atoms with Gasteiger partial charge in [0.25, 0.3) is 5.91 Å². The van der Waals surface area contributed by atoms with Gasteiger partial charge in [0.05, 0.1) is 5.56 Å². The van der Waals surface area contributed by atoms with Gasteiger partial charge < -0.3 is 10.6 Å². The van der Waals surface area contributed by atoms with Crippen molar-refractivity contribution in [3.8, 4) is 0 Å². The van der Waals surface area contributed by atoms with Crippen LogP contribution in [0.5, 0.6) is 0 Å². The predicted octanol–water partition coefficient (Wildman–Crippen LogP) is 2.57. The molecule has 1 aromatic carbocycles. The molecule has 0 aliphatic carbocycles. The van der Waals surface area contributed by atoms with E-state index in [4.69, 9.17) is 0 Å². The summed E-state index contributed by atoms with van der Waals surface area (Å²) >= 11 is 0. The fourth-order valence-corrected chi connectivity index (χ4v) is 2.36. The summed E-state index contributed by atoms with van der Waals surface area (Å²) in [6.07, 6.45) is -3.99. The molecule has 0 radical (unpaired) electrons. The van der Waals surface area contributed by atoms with Crippen LogP contribution in [0.15, 0.2) is 18.2 Å². The van der Waals surface area contributed by atoms with Gasteiger partial charge in [0.2, 0.25) is 0 Å². The summed E-state index contributed by atoms with van der Waals surface area (Å²) in [6.45, 7) is 3.39. The van der Waals surface area contributed by atoms with Gasteiger partial charge in [-0.15, -0.1) is 0 Å². The predicted molar refractivity (Wildman–Crippen MR) is 69.3 cm³/mol. The first-order valence-corrected chi connectivity index (χ1v) is 6.67. The van der Waals surface area contributed by atoms with E-state index < -0.39 is 23.5 Å². The van der Waals surface area contributed by atoms with Crippen LogP contribution in [0, 0.1) is 11.7 Å². The minimum atomic E-state index is -4.68. The standard InChI is InChI=1S/C14H16F4N2O/c1-8-7-19-3-2-12(8)20-13(21)9-4-10(14(16,17)18)6-11(15)5-9/h4-6,8,12,19H,2-3,7H2,1H3,(H,20,21). The molecule has 1 aromatic rings. The van der Waals surface area contributed by atoms with Crippen molar-refractivity contribution in [1.82, 2.24) is 10.6 Å². The SMILES string of the molecule is CC1CNCCC1NC(=O)c1cc(F)cc(C(F)(F)F)c1. The Hall–Kier alpha value is -1.63. The normalized spacial score (nSPS) is 22.9. The molecule has 0 saturated carbocycles. The summed E-state index contributed by atoms with van der Waals surface area (Å²) in [7, 11) is 0. The highest BCUT2D eigenvalue weighted by atomic mass is 19.4. The van der Waals surface area contributed by atoms with Crippen LogP contribution < -0.4 is 10.6 Å². The minimum Gasteiger partial charge on any atom is -0.349 e. The number of halogens is 4. The lowest BCUT2D eigenvalue weighted by Crippen LogP contribution is -2.48. The van der Waals surface area contributed by atoms with Crippen molar-refractivity contribution in [2.45, 2.75) is 25.6 Å². The number of carbonyl (C=O) groups excluding carboxylic acids is 1. The van der Waals surface area contributed by atoms with Gasteiger partial charge in [-0.25, -0.2) is 4.39 Å². The zero-order valence-electron chi connectivity index (χ0n) is 11.4. The molecular weight excluding hydrogens is 288 g/mol. The van der Waals surface area contributed by atoms with Gasteiger partial charge >= 0.3 is 6.18 Å². The number of rotatable bonds is 2. The molecule has 2 atom stereocenters. The lowest BCUT2D eigenvalue weighted by molar-refractivity contribution is -0.137. The molecule has 2 N–H and O–H groups in total. The summed E-state index contributed by atoms with van der Waals surface area (Å²) in [5, 5.41) is 5.83. The van der Waals surface area contributed by atoms with Crippen LogP contribution in [0.25, 0.3) is 0 Å². The van der Waals surface area contributed by atoms with Gasteiger partial charge in [-0.05, 0) is 43.6 Å². The smallest absolute Gasteiger partial charge is 0.349 e. The third kappa shape index (κ3) is 3.93. The lowest BCUT2D eigenvalue weighted by atomic mass is 9.95. The number of alkyl halides is 3. The monoisotopic (exact) mass is 304 g/mol. The van der Waals surface area contributed by atoms with E-state index in [-0.39, 0.29) is 17.5 Å². The quantitative estimate of drug-likeness (QED) is 0.825. The molecule has 1 aliphatic heterocycles. The number of hydrogen-bond acceptors (Lipinski definition) is 2. The van der Waals surface area contributed by atoms with E-state index in [1.165, 1.54) is 0 Å². The number of hydrogen-bond donors (Lipinski definition) is 2. The summed E-state index contributed by atoms with van der Waals surface area (Å²) in [5.74, 6) is -1.59. The maximum absolute atomic E-state index is 13.3. The van der Waals surface area contributed by atoms with Crippen molar-refractivity contribution >= 4 is 5.91 Å². The number of piperidine rings is 1. The van der Waals surface area contributed by atoms with Crippen LogP contribution in [-0.4, -0.2) is 25.0 Å². The van der Waals surface area contributed by atoms with E-state index in [1.807, 2.05) is 6.92 Å². The van der Waals surface area contributed by atoms with Crippen LogP contribution in [0.4, 0.5) is 17.6 Å². The zero-order valence-corrected chi connectivity index (χ0v) is 11.4. The molecule has 0 spiro atoms. The van der Waals surface area contributed by atoms with Gasteiger partial charge in [0.15, 0.2) is 0 Å². The van der Waals surface area contributed by atoms with Gasteiger partial charge in [-0.2, -0.15) is 13.2 Å². The first-order valence-electron chi connectivity index (χ1n) is 6.67. The van der Waals surface area contributed by atoms with Crippen molar-refractivity contribution < 1.29 is 22.4 Å². The van der Waals surface area contributed by atoms with Crippen molar-refractivity contribution in [1.29, 1.82) is 0 Å². The molecule has 1 fully saturated rings. The molecule has 0 bridgehead atoms. The molecule has 1 saturated heterocycles. The number of benzene rings is 1. The number of carbonyl (C=O) groups is 1. The molecule has 1 amide bonds.